The van der Waals surface area contributed by atoms with E-state index in [9.17, 15) is 5.11 Å². The second-order valence-corrected chi connectivity index (χ2v) is 4.60. The minimum atomic E-state index is -0.300. The van der Waals surface area contributed by atoms with E-state index >= 15 is 0 Å². The minimum absolute atomic E-state index is 0.0600. The SMILES string of the molecule is COc1cccc(OC)c1OCC(C)(C)CO. The lowest BCUT2D eigenvalue weighted by atomic mass is 9.96. The summed E-state index contributed by atoms with van der Waals surface area (Å²) in [5.74, 6) is 1.82. The lowest BCUT2D eigenvalue weighted by molar-refractivity contribution is 0.0941. The van der Waals surface area contributed by atoms with Crippen LogP contribution in [0.1, 0.15) is 13.8 Å². The van der Waals surface area contributed by atoms with Crippen LogP contribution < -0.4 is 14.2 Å². The van der Waals surface area contributed by atoms with Crippen molar-refractivity contribution in [3.63, 3.8) is 0 Å². The Morgan fingerprint density at radius 2 is 1.65 bits per heavy atom. The van der Waals surface area contributed by atoms with Crippen LogP contribution in [0.4, 0.5) is 0 Å². The van der Waals surface area contributed by atoms with Gasteiger partial charge in [-0.3, -0.25) is 0 Å². The molecule has 0 fully saturated rings. The Morgan fingerprint density at radius 1 is 1.12 bits per heavy atom. The highest BCUT2D eigenvalue weighted by atomic mass is 16.5. The molecular weight excluding hydrogens is 220 g/mol. The number of hydrogen-bond acceptors (Lipinski definition) is 4. The lowest BCUT2D eigenvalue weighted by Crippen LogP contribution is -2.25. The molecule has 0 aliphatic heterocycles. The number of ether oxygens (including phenoxy) is 3. The Hall–Kier alpha value is -1.42. The number of aliphatic hydroxyl groups excluding tert-OH is 1. The van der Waals surface area contributed by atoms with E-state index in [-0.39, 0.29) is 12.0 Å². The van der Waals surface area contributed by atoms with Gasteiger partial charge < -0.3 is 19.3 Å². The lowest BCUT2D eigenvalue weighted by Gasteiger charge is -2.23. The molecule has 0 aromatic heterocycles. The highest BCUT2D eigenvalue weighted by molar-refractivity contribution is 5.51. The second kappa shape index (κ2) is 5.77. The summed E-state index contributed by atoms with van der Waals surface area (Å²) in [6.45, 7) is 4.30. The van der Waals surface area contributed by atoms with E-state index in [0.29, 0.717) is 23.9 Å². The van der Waals surface area contributed by atoms with E-state index in [1.165, 1.54) is 0 Å². The Labute approximate surface area is 102 Å². The predicted octanol–water partition coefficient (Wildman–Crippen LogP) is 2.10. The standard InChI is InChI=1S/C13H20O4/c1-13(2,8-14)9-17-12-10(15-3)6-5-7-11(12)16-4/h5-7,14H,8-9H2,1-4H3. The molecule has 17 heavy (non-hydrogen) atoms. The van der Waals surface area contributed by atoms with Gasteiger partial charge in [-0.15, -0.1) is 0 Å². The molecule has 0 saturated carbocycles. The minimum Gasteiger partial charge on any atom is -0.493 e. The molecule has 0 aliphatic carbocycles. The van der Waals surface area contributed by atoms with E-state index in [2.05, 4.69) is 0 Å². The van der Waals surface area contributed by atoms with Gasteiger partial charge in [0, 0.05) is 5.41 Å². The summed E-state index contributed by atoms with van der Waals surface area (Å²) in [5, 5.41) is 9.18. The van der Waals surface area contributed by atoms with Gasteiger partial charge in [0.25, 0.3) is 0 Å². The van der Waals surface area contributed by atoms with E-state index in [1.54, 1.807) is 14.2 Å². The van der Waals surface area contributed by atoms with Crippen LogP contribution in [-0.2, 0) is 0 Å². The molecule has 0 amide bonds. The van der Waals surface area contributed by atoms with Crippen LogP contribution in [0.25, 0.3) is 0 Å². The number of benzene rings is 1. The normalized spacial score (nSPS) is 11.1. The molecule has 4 heteroatoms. The second-order valence-electron chi connectivity index (χ2n) is 4.60. The average molecular weight is 240 g/mol. The molecule has 0 atom stereocenters. The summed E-state index contributed by atoms with van der Waals surface area (Å²) in [6, 6.07) is 5.45. The quantitative estimate of drug-likeness (QED) is 0.827. The van der Waals surface area contributed by atoms with Crippen molar-refractivity contribution in [2.75, 3.05) is 27.4 Å². The Morgan fingerprint density at radius 3 is 2.06 bits per heavy atom. The van der Waals surface area contributed by atoms with Crippen LogP contribution >= 0.6 is 0 Å². The molecule has 96 valence electrons. The highest BCUT2D eigenvalue weighted by Crippen LogP contribution is 2.37. The van der Waals surface area contributed by atoms with Crippen molar-refractivity contribution < 1.29 is 19.3 Å². The largest absolute Gasteiger partial charge is 0.493 e. The van der Waals surface area contributed by atoms with E-state index < -0.39 is 0 Å². The zero-order valence-electron chi connectivity index (χ0n) is 10.8. The van der Waals surface area contributed by atoms with Gasteiger partial charge in [0.15, 0.2) is 11.5 Å². The van der Waals surface area contributed by atoms with Gasteiger partial charge in [-0.25, -0.2) is 0 Å². The van der Waals surface area contributed by atoms with Crippen LogP contribution in [0.3, 0.4) is 0 Å². The number of hydrogen-bond donors (Lipinski definition) is 1. The number of methoxy groups -OCH3 is 2. The Bertz CT molecular complexity index is 338. The van der Waals surface area contributed by atoms with E-state index in [0.717, 1.165) is 0 Å². The van der Waals surface area contributed by atoms with Gasteiger partial charge in [-0.1, -0.05) is 19.9 Å². The van der Waals surface area contributed by atoms with Crippen molar-refractivity contribution in [2.24, 2.45) is 5.41 Å². The van der Waals surface area contributed by atoms with Crippen LogP contribution in [-0.4, -0.2) is 32.5 Å². The van der Waals surface area contributed by atoms with Crippen molar-refractivity contribution in [3.05, 3.63) is 18.2 Å². The molecule has 0 unspecified atom stereocenters. The first-order valence-electron chi connectivity index (χ1n) is 5.48. The number of para-hydroxylation sites is 1. The number of rotatable bonds is 6. The van der Waals surface area contributed by atoms with Crippen LogP contribution in [0.15, 0.2) is 18.2 Å². The zero-order chi connectivity index (χ0) is 12.9. The summed E-state index contributed by atoms with van der Waals surface area (Å²) >= 11 is 0. The molecule has 1 aromatic rings. The third-order valence-corrected chi connectivity index (χ3v) is 2.42. The fraction of sp³-hybridized carbons (Fsp3) is 0.538. The molecule has 0 spiro atoms. The van der Waals surface area contributed by atoms with Crippen molar-refractivity contribution in [3.8, 4) is 17.2 Å². The molecule has 4 nitrogen and oxygen atoms in total. The zero-order valence-corrected chi connectivity index (χ0v) is 10.8. The summed E-state index contributed by atoms with van der Waals surface area (Å²) in [5.41, 5.74) is -0.300. The smallest absolute Gasteiger partial charge is 0.203 e. The first-order chi connectivity index (χ1) is 8.04. The fourth-order valence-corrected chi connectivity index (χ4v) is 1.27. The van der Waals surface area contributed by atoms with E-state index in [1.807, 2.05) is 32.0 Å². The fourth-order valence-electron chi connectivity index (χ4n) is 1.27. The Balaban J connectivity index is 2.88. The third kappa shape index (κ3) is 3.53. The third-order valence-electron chi connectivity index (χ3n) is 2.42. The van der Waals surface area contributed by atoms with Gasteiger partial charge in [-0.05, 0) is 12.1 Å². The highest BCUT2D eigenvalue weighted by Gasteiger charge is 2.20. The molecular formula is C13H20O4. The summed E-state index contributed by atoms with van der Waals surface area (Å²) in [6.07, 6.45) is 0. The first-order valence-corrected chi connectivity index (χ1v) is 5.48. The number of aliphatic hydroxyl groups is 1. The molecule has 0 bridgehead atoms. The molecule has 1 aromatic carbocycles. The topological polar surface area (TPSA) is 47.9 Å². The van der Waals surface area contributed by atoms with Crippen molar-refractivity contribution in [1.29, 1.82) is 0 Å². The molecule has 1 rings (SSSR count). The Kier molecular flexibility index (Phi) is 4.63. The van der Waals surface area contributed by atoms with Crippen molar-refractivity contribution in [1.82, 2.24) is 0 Å². The maximum Gasteiger partial charge on any atom is 0.203 e. The maximum absolute atomic E-state index is 9.18. The summed E-state index contributed by atoms with van der Waals surface area (Å²) in [4.78, 5) is 0. The van der Waals surface area contributed by atoms with Crippen molar-refractivity contribution >= 4 is 0 Å². The van der Waals surface area contributed by atoms with Gasteiger partial charge in [0.05, 0.1) is 27.4 Å². The molecule has 1 N–H and O–H groups in total. The van der Waals surface area contributed by atoms with Crippen LogP contribution in [0.5, 0.6) is 17.2 Å². The van der Waals surface area contributed by atoms with Crippen LogP contribution in [0.2, 0.25) is 0 Å². The molecule has 0 saturated heterocycles. The monoisotopic (exact) mass is 240 g/mol. The average Bonchev–Trinajstić information content (AvgIpc) is 2.35. The van der Waals surface area contributed by atoms with E-state index in [4.69, 9.17) is 14.2 Å². The predicted molar refractivity (Wildman–Crippen MR) is 65.9 cm³/mol. The molecule has 0 radical (unpaired) electrons. The van der Waals surface area contributed by atoms with Gasteiger partial charge in [0.1, 0.15) is 0 Å². The first kappa shape index (κ1) is 13.6. The summed E-state index contributed by atoms with van der Waals surface area (Å²) < 4.78 is 16.1. The van der Waals surface area contributed by atoms with Crippen molar-refractivity contribution in [2.45, 2.75) is 13.8 Å². The molecule has 0 heterocycles. The van der Waals surface area contributed by atoms with Gasteiger partial charge in [-0.2, -0.15) is 0 Å². The van der Waals surface area contributed by atoms with Gasteiger partial charge >= 0.3 is 0 Å². The molecule has 0 aliphatic rings. The van der Waals surface area contributed by atoms with Gasteiger partial charge in [0.2, 0.25) is 5.75 Å². The summed E-state index contributed by atoms with van der Waals surface area (Å²) in [7, 11) is 3.16. The van der Waals surface area contributed by atoms with Crippen LogP contribution in [0, 0.1) is 5.41 Å². The maximum atomic E-state index is 9.18.